The molecule has 0 aromatic carbocycles. The van der Waals surface area contributed by atoms with Crippen LogP contribution < -0.4 is 5.32 Å². The Kier molecular flexibility index (Phi) is 6.27. The predicted molar refractivity (Wildman–Crippen MR) is 87.8 cm³/mol. The first-order valence-electron chi connectivity index (χ1n) is 8.16. The summed E-state index contributed by atoms with van der Waals surface area (Å²) in [5.41, 5.74) is 0.876. The van der Waals surface area contributed by atoms with E-state index in [0.29, 0.717) is 17.9 Å². The van der Waals surface area contributed by atoms with Gasteiger partial charge in [-0.2, -0.15) is 5.10 Å². The van der Waals surface area contributed by atoms with Crippen molar-refractivity contribution in [1.29, 1.82) is 0 Å². The molecule has 0 unspecified atom stereocenters. The number of rotatable bonds is 7. The molecular formula is C15H25N5O4. The number of amides is 1. The maximum absolute atomic E-state index is 12.1. The highest BCUT2D eigenvalue weighted by Gasteiger charge is 2.22. The molecule has 0 radical (unpaired) electrons. The van der Waals surface area contributed by atoms with Crippen molar-refractivity contribution in [1.82, 2.24) is 20.0 Å². The van der Waals surface area contributed by atoms with Crippen LogP contribution in [-0.4, -0.2) is 64.4 Å². The number of carbonyl (C=O) groups excluding carboxylic acids is 1. The van der Waals surface area contributed by atoms with Crippen molar-refractivity contribution >= 4 is 11.6 Å². The molecule has 1 aliphatic heterocycles. The van der Waals surface area contributed by atoms with Crippen LogP contribution in [0.4, 0.5) is 5.69 Å². The number of ether oxygens (including phenoxy) is 1. The summed E-state index contributed by atoms with van der Waals surface area (Å²) in [6, 6.07) is 0.0467. The van der Waals surface area contributed by atoms with Gasteiger partial charge in [0, 0.05) is 32.1 Å². The zero-order valence-corrected chi connectivity index (χ0v) is 14.4. The average Bonchev–Trinajstić information content (AvgIpc) is 2.80. The van der Waals surface area contributed by atoms with Crippen LogP contribution in [0.2, 0.25) is 0 Å². The molecule has 0 saturated carbocycles. The Hall–Kier alpha value is -2.00. The highest BCUT2D eigenvalue weighted by Crippen LogP contribution is 2.21. The largest absolute Gasteiger partial charge is 0.379 e. The van der Waals surface area contributed by atoms with Crippen molar-refractivity contribution in [2.75, 3.05) is 32.8 Å². The summed E-state index contributed by atoms with van der Waals surface area (Å²) in [6.45, 7) is 9.59. The zero-order chi connectivity index (χ0) is 17.7. The van der Waals surface area contributed by atoms with Gasteiger partial charge >= 0.3 is 5.69 Å². The van der Waals surface area contributed by atoms with Crippen molar-refractivity contribution in [3.63, 3.8) is 0 Å². The third kappa shape index (κ3) is 4.75. The highest BCUT2D eigenvalue weighted by atomic mass is 16.6. The zero-order valence-electron chi connectivity index (χ0n) is 14.4. The van der Waals surface area contributed by atoms with Gasteiger partial charge in [-0.05, 0) is 20.8 Å². The monoisotopic (exact) mass is 339 g/mol. The van der Waals surface area contributed by atoms with Crippen LogP contribution in [0.25, 0.3) is 0 Å². The number of aryl methyl sites for hydroxylation is 2. The number of morpholine rings is 1. The predicted octanol–water partition coefficient (Wildman–Crippen LogP) is 0.635. The third-order valence-electron chi connectivity index (χ3n) is 4.12. The lowest BCUT2D eigenvalue weighted by atomic mass is 10.2. The minimum Gasteiger partial charge on any atom is -0.379 e. The number of aromatic nitrogens is 2. The molecule has 1 aromatic rings. The molecule has 9 heteroatoms. The van der Waals surface area contributed by atoms with Crippen LogP contribution in [0.1, 0.15) is 24.7 Å². The number of carbonyl (C=O) groups is 1. The van der Waals surface area contributed by atoms with E-state index in [1.807, 2.05) is 6.92 Å². The van der Waals surface area contributed by atoms with Crippen molar-refractivity contribution < 1.29 is 14.5 Å². The summed E-state index contributed by atoms with van der Waals surface area (Å²) in [7, 11) is 0. The molecule has 134 valence electrons. The van der Waals surface area contributed by atoms with Gasteiger partial charge in [0.15, 0.2) is 0 Å². The van der Waals surface area contributed by atoms with E-state index < -0.39 is 4.92 Å². The summed E-state index contributed by atoms with van der Waals surface area (Å²) in [5.74, 6) is -0.0778. The molecule has 1 aromatic heterocycles. The average molecular weight is 339 g/mol. The maximum Gasteiger partial charge on any atom is 0.312 e. The molecular weight excluding hydrogens is 314 g/mol. The summed E-state index contributed by atoms with van der Waals surface area (Å²) >= 11 is 0. The SMILES string of the molecule is Cc1nn(CCC(=O)N[C@@H](C)CN2CCOCC2)c(C)c1[N+](=O)[O-]. The van der Waals surface area contributed by atoms with E-state index in [4.69, 9.17) is 4.74 Å². The number of hydrogen-bond donors (Lipinski definition) is 1. The fourth-order valence-electron chi connectivity index (χ4n) is 2.94. The van der Waals surface area contributed by atoms with Crippen LogP contribution in [0, 0.1) is 24.0 Å². The standard InChI is InChI=1S/C15H25N5O4/c1-11(10-18-6-8-24-9-7-18)16-14(21)4-5-19-13(3)15(20(22)23)12(2)17-19/h11H,4-10H2,1-3H3,(H,16,21)/t11-/m0/s1. The van der Waals surface area contributed by atoms with Gasteiger partial charge in [-0.15, -0.1) is 0 Å². The Morgan fingerprint density at radius 2 is 2.08 bits per heavy atom. The number of hydrogen-bond acceptors (Lipinski definition) is 6. The smallest absolute Gasteiger partial charge is 0.312 e. The van der Waals surface area contributed by atoms with E-state index in [2.05, 4.69) is 15.3 Å². The maximum atomic E-state index is 12.1. The first kappa shape index (κ1) is 18.3. The van der Waals surface area contributed by atoms with E-state index in [0.717, 1.165) is 32.8 Å². The molecule has 1 aliphatic rings. The van der Waals surface area contributed by atoms with E-state index in [1.165, 1.54) is 4.68 Å². The highest BCUT2D eigenvalue weighted by molar-refractivity contribution is 5.76. The molecule has 1 N–H and O–H groups in total. The van der Waals surface area contributed by atoms with Crippen LogP contribution in [0.5, 0.6) is 0 Å². The Labute approximate surface area is 141 Å². The summed E-state index contributed by atoms with van der Waals surface area (Å²) in [5, 5.41) is 18.1. The van der Waals surface area contributed by atoms with Crippen LogP contribution in [0.15, 0.2) is 0 Å². The quantitative estimate of drug-likeness (QED) is 0.577. The first-order valence-corrected chi connectivity index (χ1v) is 8.16. The van der Waals surface area contributed by atoms with Crippen LogP contribution in [0.3, 0.4) is 0 Å². The molecule has 0 spiro atoms. The van der Waals surface area contributed by atoms with Gasteiger partial charge in [-0.25, -0.2) is 0 Å². The topological polar surface area (TPSA) is 103 Å². The minimum absolute atomic E-state index is 0.0242. The second-order valence-electron chi connectivity index (χ2n) is 6.13. The normalized spacial score (nSPS) is 16.8. The molecule has 2 rings (SSSR count). The van der Waals surface area contributed by atoms with Gasteiger partial charge in [0.2, 0.25) is 5.91 Å². The number of nitro groups is 1. The molecule has 24 heavy (non-hydrogen) atoms. The molecule has 0 aliphatic carbocycles. The lowest BCUT2D eigenvalue weighted by Gasteiger charge is -2.29. The third-order valence-corrected chi connectivity index (χ3v) is 4.12. The van der Waals surface area contributed by atoms with Crippen molar-refractivity contribution in [3.8, 4) is 0 Å². The summed E-state index contributed by atoms with van der Waals surface area (Å²) < 4.78 is 6.83. The molecule has 1 fully saturated rings. The number of nitrogens with one attached hydrogen (secondary N) is 1. The fourth-order valence-corrected chi connectivity index (χ4v) is 2.94. The van der Waals surface area contributed by atoms with Crippen LogP contribution in [-0.2, 0) is 16.1 Å². The second kappa shape index (κ2) is 8.20. The van der Waals surface area contributed by atoms with Crippen molar-refractivity contribution in [2.24, 2.45) is 0 Å². The van der Waals surface area contributed by atoms with E-state index in [-0.39, 0.29) is 24.1 Å². The van der Waals surface area contributed by atoms with Gasteiger partial charge in [0.1, 0.15) is 11.4 Å². The van der Waals surface area contributed by atoms with E-state index in [9.17, 15) is 14.9 Å². The van der Waals surface area contributed by atoms with Crippen molar-refractivity contribution in [3.05, 3.63) is 21.5 Å². The Morgan fingerprint density at radius 1 is 1.42 bits per heavy atom. The Balaban J connectivity index is 1.80. The van der Waals surface area contributed by atoms with Gasteiger partial charge in [-0.1, -0.05) is 0 Å². The minimum atomic E-state index is -0.432. The molecule has 9 nitrogen and oxygen atoms in total. The van der Waals surface area contributed by atoms with E-state index in [1.54, 1.807) is 13.8 Å². The molecule has 2 heterocycles. The van der Waals surface area contributed by atoms with E-state index >= 15 is 0 Å². The first-order chi connectivity index (χ1) is 11.4. The molecule has 0 bridgehead atoms. The molecule has 1 amide bonds. The summed E-state index contributed by atoms with van der Waals surface area (Å²) in [6.07, 6.45) is 0.243. The number of nitrogens with zero attached hydrogens (tertiary/aromatic N) is 4. The summed E-state index contributed by atoms with van der Waals surface area (Å²) in [4.78, 5) is 24.9. The lowest BCUT2D eigenvalue weighted by molar-refractivity contribution is -0.386. The van der Waals surface area contributed by atoms with Gasteiger partial charge in [0.05, 0.1) is 24.7 Å². The van der Waals surface area contributed by atoms with Crippen molar-refractivity contribution in [2.45, 2.75) is 39.8 Å². The second-order valence-corrected chi connectivity index (χ2v) is 6.13. The van der Waals surface area contributed by atoms with Crippen LogP contribution >= 0.6 is 0 Å². The van der Waals surface area contributed by atoms with Gasteiger partial charge < -0.3 is 10.1 Å². The molecule has 1 saturated heterocycles. The van der Waals surface area contributed by atoms with Gasteiger partial charge in [0.25, 0.3) is 0 Å². The fraction of sp³-hybridized carbons (Fsp3) is 0.733. The molecule has 1 atom stereocenters. The lowest BCUT2D eigenvalue weighted by Crippen LogP contribution is -2.46. The van der Waals surface area contributed by atoms with Gasteiger partial charge in [-0.3, -0.25) is 24.5 Å². The Bertz CT molecular complexity index is 595. The Morgan fingerprint density at radius 3 is 2.67 bits per heavy atom.